The molecule has 2 aromatic heterocycles. The maximum absolute atomic E-state index is 14.0. The summed E-state index contributed by atoms with van der Waals surface area (Å²) in [5, 5.41) is 7.82. The van der Waals surface area contributed by atoms with Crippen LogP contribution in [0.1, 0.15) is 25.7 Å². The molecule has 1 saturated carbocycles. The lowest BCUT2D eigenvalue weighted by molar-refractivity contribution is 0.0148. The number of hydrogen-bond donors (Lipinski definition) is 1. The van der Waals surface area contributed by atoms with Crippen molar-refractivity contribution < 1.29 is 13.9 Å². The first kappa shape index (κ1) is 23.5. The Kier molecular flexibility index (Phi) is 6.33. The Bertz CT molecular complexity index is 1350. The van der Waals surface area contributed by atoms with Crippen molar-refractivity contribution in [2.24, 2.45) is 5.92 Å². The summed E-state index contributed by atoms with van der Waals surface area (Å²) in [6.45, 7) is 1.33. The van der Waals surface area contributed by atoms with Crippen molar-refractivity contribution in [3.8, 4) is 5.69 Å². The number of carbonyl (C=O) groups is 1. The molecule has 3 heterocycles. The molecular weight excluding hydrogens is 491 g/mol. The molecule has 0 unspecified atom stereocenters. The van der Waals surface area contributed by atoms with Gasteiger partial charge in [0.2, 0.25) is 0 Å². The molecule has 8 nitrogen and oxygen atoms in total. The number of halogens is 2. The third-order valence-corrected chi connectivity index (χ3v) is 7.35. The molecule has 1 aliphatic carbocycles. The molecule has 35 heavy (non-hydrogen) atoms. The summed E-state index contributed by atoms with van der Waals surface area (Å²) < 4.78 is 29.9. The van der Waals surface area contributed by atoms with Crippen LogP contribution in [0.15, 0.2) is 54.7 Å². The van der Waals surface area contributed by atoms with E-state index in [2.05, 4.69) is 19.2 Å². The minimum absolute atomic E-state index is 0. The van der Waals surface area contributed by atoms with Crippen molar-refractivity contribution in [3.05, 3.63) is 60.5 Å². The molecule has 1 saturated heterocycles. The monoisotopic (exact) mass is 514 g/mol. The molecule has 2 fully saturated rings. The van der Waals surface area contributed by atoms with Crippen LogP contribution in [0.5, 0.6) is 0 Å². The van der Waals surface area contributed by atoms with Gasteiger partial charge in [-0.1, -0.05) is 12.1 Å². The summed E-state index contributed by atoms with van der Waals surface area (Å²) in [4.78, 5) is 14.4. The average molecular weight is 515 g/mol. The third kappa shape index (κ3) is 4.55. The highest BCUT2D eigenvalue weighted by Gasteiger charge is 2.47. The number of aromatic nitrogens is 4. The third-order valence-electron chi connectivity index (χ3n) is 6.80. The zero-order valence-electron chi connectivity index (χ0n) is 18.8. The summed E-state index contributed by atoms with van der Waals surface area (Å²) in [7, 11) is 0. The lowest BCUT2D eigenvalue weighted by atomic mass is 9.78. The molecule has 6 rings (SSSR count). The van der Waals surface area contributed by atoms with Gasteiger partial charge in [0.1, 0.15) is 34.0 Å². The van der Waals surface area contributed by atoms with Gasteiger partial charge in [0, 0.05) is 24.5 Å². The molecule has 0 radical (unpaired) electrons. The van der Waals surface area contributed by atoms with E-state index < -0.39 is 5.60 Å². The van der Waals surface area contributed by atoms with E-state index in [4.69, 9.17) is 4.74 Å². The zero-order valence-corrected chi connectivity index (χ0v) is 20.4. The standard InChI is InChI=1S/C24H23FN6O2S.ClH/c25-18-3-1-2-4-21(18)31-12-9-22(27-31)26-14-16-7-10-24(11-8-16)15-30(23(32)33-24)17-5-6-19-20(13-17)29-34-28-19;/h1-6,9,12-13,16H,7-8,10-11,14-15H2,(H,26,27);1H. The van der Waals surface area contributed by atoms with Crippen LogP contribution in [-0.2, 0) is 4.74 Å². The molecule has 2 aliphatic rings. The molecule has 4 aromatic rings. The molecule has 0 atom stereocenters. The number of ether oxygens (including phenoxy) is 1. The Morgan fingerprint density at radius 1 is 1.11 bits per heavy atom. The van der Waals surface area contributed by atoms with Crippen LogP contribution in [0, 0.1) is 11.7 Å². The number of para-hydroxylation sites is 1. The van der Waals surface area contributed by atoms with Gasteiger partial charge in [0.05, 0.1) is 18.3 Å². The van der Waals surface area contributed by atoms with E-state index in [9.17, 15) is 9.18 Å². The van der Waals surface area contributed by atoms with Gasteiger partial charge in [0.25, 0.3) is 0 Å². The van der Waals surface area contributed by atoms with E-state index in [-0.39, 0.29) is 24.3 Å². The maximum Gasteiger partial charge on any atom is 0.415 e. The van der Waals surface area contributed by atoms with Gasteiger partial charge in [-0.05, 0) is 61.9 Å². The number of nitrogens with one attached hydrogen (secondary N) is 1. The zero-order chi connectivity index (χ0) is 23.1. The van der Waals surface area contributed by atoms with Crippen LogP contribution < -0.4 is 10.2 Å². The van der Waals surface area contributed by atoms with Gasteiger partial charge in [-0.15, -0.1) is 12.4 Å². The van der Waals surface area contributed by atoms with Crippen molar-refractivity contribution in [1.82, 2.24) is 18.5 Å². The number of anilines is 2. The molecular formula is C24H24ClFN6O2S. The Balaban J connectivity index is 0.00000253. The number of amides is 1. The van der Waals surface area contributed by atoms with Crippen LogP contribution >= 0.6 is 24.1 Å². The van der Waals surface area contributed by atoms with Crippen LogP contribution in [0.25, 0.3) is 16.7 Å². The number of carbonyl (C=O) groups excluding carboxylic acids is 1. The van der Waals surface area contributed by atoms with Crippen molar-refractivity contribution in [2.75, 3.05) is 23.3 Å². The predicted molar refractivity (Wildman–Crippen MR) is 135 cm³/mol. The first-order chi connectivity index (χ1) is 16.6. The predicted octanol–water partition coefficient (Wildman–Crippen LogP) is 5.44. The topological polar surface area (TPSA) is 85.2 Å². The lowest BCUT2D eigenvalue weighted by Crippen LogP contribution is -2.39. The second-order valence-electron chi connectivity index (χ2n) is 9.00. The van der Waals surface area contributed by atoms with Gasteiger partial charge in [0.15, 0.2) is 0 Å². The minimum atomic E-state index is -0.435. The van der Waals surface area contributed by atoms with Crippen LogP contribution in [0.3, 0.4) is 0 Å². The Hall–Kier alpha value is -3.24. The number of nitrogens with zero attached hydrogens (tertiary/aromatic N) is 5. The normalized spacial score (nSPS) is 21.8. The first-order valence-corrected chi connectivity index (χ1v) is 12.1. The summed E-state index contributed by atoms with van der Waals surface area (Å²) in [5.41, 5.74) is 2.42. The number of rotatable bonds is 5. The summed E-state index contributed by atoms with van der Waals surface area (Å²) in [5.74, 6) is 0.862. The Morgan fingerprint density at radius 2 is 1.91 bits per heavy atom. The van der Waals surface area contributed by atoms with Crippen LogP contribution in [0.4, 0.5) is 20.7 Å². The van der Waals surface area contributed by atoms with Gasteiger partial charge < -0.3 is 10.1 Å². The van der Waals surface area contributed by atoms with Crippen molar-refractivity contribution in [1.29, 1.82) is 0 Å². The summed E-state index contributed by atoms with van der Waals surface area (Å²) in [6.07, 6.45) is 5.02. The largest absolute Gasteiger partial charge is 0.441 e. The first-order valence-electron chi connectivity index (χ1n) is 11.4. The van der Waals surface area contributed by atoms with Crippen molar-refractivity contribution >= 4 is 52.8 Å². The van der Waals surface area contributed by atoms with Gasteiger partial charge in [-0.25, -0.2) is 13.9 Å². The second kappa shape index (κ2) is 9.43. The summed E-state index contributed by atoms with van der Waals surface area (Å²) >= 11 is 1.17. The fraction of sp³-hybridized carbons (Fsp3) is 0.333. The number of fused-ring (bicyclic) bond motifs is 1. The fourth-order valence-electron chi connectivity index (χ4n) is 4.87. The SMILES string of the molecule is Cl.O=C1OC2(CCC(CNc3ccn(-c4ccccc4F)n3)CC2)CN1c1ccc2nsnc2c1. The summed E-state index contributed by atoms with van der Waals surface area (Å²) in [6, 6.07) is 14.1. The molecule has 2 aromatic carbocycles. The quantitative estimate of drug-likeness (QED) is 0.382. The van der Waals surface area contributed by atoms with Crippen LogP contribution in [0.2, 0.25) is 0 Å². The van der Waals surface area contributed by atoms with Crippen molar-refractivity contribution in [3.63, 3.8) is 0 Å². The average Bonchev–Trinajstić information content (AvgIpc) is 3.58. The molecule has 11 heteroatoms. The Morgan fingerprint density at radius 3 is 2.74 bits per heavy atom. The minimum Gasteiger partial charge on any atom is -0.441 e. The van der Waals surface area contributed by atoms with Gasteiger partial charge in [-0.3, -0.25) is 4.90 Å². The van der Waals surface area contributed by atoms with E-state index in [0.717, 1.165) is 48.9 Å². The fourth-order valence-corrected chi connectivity index (χ4v) is 5.38. The van der Waals surface area contributed by atoms with E-state index in [0.29, 0.717) is 24.0 Å². The number of benzene rings is 2. The highest BCUT2D eigenvalue weighted by Crippen LogP contribution is 2.41. The molecule has 1 aliphatic heterocycles. The lowest BCUT2D eigenvalue weighted by Gasteiger charge is -2.35. The van der Waals surface area contributed by atoms with E-state index in [1.807, 2.05) is 24.3 Å². The molecule has 1 N–H and O–H groups in total. The van der Waals surface area contributed by atoms with Gasteiger partial charge in [-0.2, -0.15) is 13.8 Å². The highest BCUT2D eigenvalue weighted by atomic mass is 35.5. The molecule has 1 amide bonds. The molecule has 1 spiro atoms. The van der Waals surface area contributed by atoms with Crippen LogP contribution in [-0.4, -0.2) is 43.3 Å². The van der Waals surface area contributed by atoms with E-state index in [1.165, 1.54) is 17.8 Å². The number of hydrogen-bond acceptors (Lipinski definition) is 7. The molecule has 182 valence electrons. The van der Waals surface area contributed by atoms with E-state index in [1.54, 1.807) is 34.0 Å². The molecule has 0 bridgehead atoms. The second-order valence-corrected chi connectivity index (χ2v) is 9.52. The van der Waals surface area contributed by atoms with E-state index >= 15 is 0 Å². The highest BCUT2D eigenvalue weighted by molar-refractivity contribution is 7.00. The van der Waals surface area contributed by atoms with Gasteiger partial charge >= 0.3 is 6.09 Å². The Labute approximate surface area is 211 Å². The smallest absolute Gasteiger partial charge is 0.415 e. The van der Waals surface area contributed by atoms with Crippen molar-refractivity contribution in [2.45, 2.75) is 31.3 Å². The maximum atomic E-state index is 14.0.